The first-order valence-corrected chi connectivity index (χ1v) is 7.45. The van der Waals surface area contributed by atoms with Crippen LogP contribution in [0.4, 0.5) is 0 Å². The molecule has 3 atom stereocenters. The van der Waals surface area contributed by atoms with E-state index in [0.717, 1.165) is 19.3 Å². The Hall–Kier alpha value is -1.59. The molecule has 1 saturated heterocycles. The predicted molar refractivity (Wildman–Crippen MR) is 77.6 cm³/mol. The fourth-order valence-electron chi connectivity index (χ4n) is 3.09. The molecule has 1 aromatic rings. The highest BCUT2D eigenvalue weighted by Crippen LogP contribution is 2.27. The largest absolute Gasteiger partial charge is 0.496 e. The molecule has 1 saturated carbocycles. The van der Waals surface area contributed by atoms with Crippen molar-refractivity contribution < 1.29 is 19.0 Å². The van der Waals surface area contributed by atoms with Gasteiger partial charge in [-0.15, -0.1) is 0 Å². The van der Waals surface area contributed by atoms with E-state index in [1.165, 1.54) is 0 Å². The Bertz CT molecular complexity index is 505. The van der Waals surface area contributed by atoms with Crippen LogP contribution in [0.15, 0.2) is 24.3 Å². The SMILES string of the molecule is COc1ccccc1C(=O)NC1CCC2OCCOC2C1. The Morgan fingerprint density at radius 1 is 1.19 bits per heavy atom. The zero-order valence-electron chi connectivity index (χ0n) is 12.2. The molecule has 0 aromatic heterocycles. The number of para-hydroxylation sites is 1. The van der Waals surface area contributed by atoms with E-state index in [-0.39, 0.29) is 24.2 Å². The molecule has 3 unspecified atom stereocenters. The molecule has 0 spiro atoms. The summed E-state index contributed by atoms with van der Waals surface area (Å²) in [5.74, 6) is 0.508. The van der Waals surface area contributed by atoms with E-state index in [0.29, 0.717) is 24.5 Å². The van der Waals surface area contributed by atoms with Gasteiger partial charge in [-0.1, -0.05) is 12.1 Å². The second-order valence-electron chi connectivity index (χ2n) is 5.50. The maximum absolute atomic E-state index is 12.4. The molecule has 114 valence electrons. The van der Waals surface area contributed by atoms with Gasteiger partial charge < -0.3 is 19.5 Å². The number of fused-ring (bicyclic) bond motifs is 1. The number of amides is 1. The number of hydrogen-bond acceptors (Lipinski definition) is 4. The number of methoxy groups -OCH3 is 1. The van der Waals surface area contributed by atoms with Gasteiger partial charge in [0.25, 0.3) is 5.91 Å². The highest BCUT2D eigenvalue weighted by molar-refractivity contribution is 5.97. The Morgan fingerprint density at radius 3 is 2.76 bits per heavy atom. The zero-order chi connectivity index (χ0) is 14.7. The van der Waals surface area contributed by atoms with Gasteiger partial charge in [-0.05, 0) is 31.4 Å². The van der Waals surface area contributed by atoms with Gasteiger partial charge in [-0.2, -0.15) is 0 Å². The third kappa shape index (κ3) is 3.19. The molecular formula is C16H21NO4. The number of carbonyl (C=O) groups excluding carboxylic acids is 1. The molecule has 1 aromatic carbocycles. The third-order valence-electron chi connectivity index (χ3n) is 4.17. The van der Waals surface area contributed by atoms with Crippen molar-refractivity contribution >= 4 is 5.91 Å². The van der Waals surface area contributed by atoms with Gasteiger partial charge in [0.1, 0.15) is 5.75 Å². The fourth-order valence-corrected chi connectivity index (χ4v) is 3.09. The minimum absolute atomic E-state index is 0.0902. The minimum Gasteiger partial charge on any atom is -0.496 e. The van der Waals surface area contributed by atoms with Crippen LogP contribution in [0.2, 0.25) is 0 Å². The smallest absolute Gasteiger partial charge is 0.255 e. The predicted octanol–water partition coefficient (Wildman–Crippen LogP) is 1.76. The van der Waals surface area contributed by atoms with Crippen LogP contribution >= 0.6 is 0 Å². The maximum Gasteiger partial charge on any atom is 0.255 e. The first-order chi connectivity index (χ1) is 10.3. The number of ether oxygens (including phenoxy) is 3. The average molecular weight is 291 g/mol. The van der Waals surface area contributed by atoms with Gasteiger partial charge in [0.15, 0.2) is 0 Å². The summed E-state index contributed by atoms with van der Waals surface area (Å²) in [6.45, 7) is 1.33. The molecular weight excluding hydrogens is 270 g/mol. The molecule has 2 fully saturated rings. The lowest BCUT2D eigenvalue weighted by atomic mass is 9.89. The molecule has 5 heteroatoms. The van der Waals surface area contributed by atoms with Crippen LogP contribution in [0.25, 0.3) is 0 Å². The molecule has 1 aliphatic heterocycles. The van der Waals surface area contributed by atoms with E-state index >= 15 is 0 Å². The van der Waals surface area contributed by atoms with Crippen LogP contribution in [0.1, 0.15) is 29.6 Å². The zero-order valence-corrected chi connectivity index (χ0v) is 12.2. The first kappa shape index (κ1) is 14.4. The van der Waals surface area contributed by atoms with E-state index in [2.05, 4.69) is 5.32 Å². The molecule has 1 N–H and O–H groups in total. The van der Waals surface area contributed by atoms with Crippen molar-refractivity contribution in [1.29, 1.82) is 0 Å². The second kappa shape index (κ2) is 6.45. The van der Waals surface area contributed by atoms with Crippen molar-refractivity contribution in [2.45, 2.75) is 37.5 Å². The molecule has 0 bridgehead atoms. The summed E-state index contributed by atoms with van der Waals surface area (Å²) < 4.78 is 16.7. The number of nitrogens with one attached hydrogen (secondary N) is 1. The monoisotopic (exact) mass is 291 g/mol. The van der Waals surface area contributed by atoms with Gasteiger partial charge in [-0.25, -0.2) is 0 Å². The van der Waals surface area contributed by atoms with Gasteiger partial charge in [-0.3, -0.25) is 4.79 Å². The van der Waals surface area contributed by atoms with E-state index in [4.69, 9.17) is 14.2 Å². The summed E-state index contributed by atoms with van der Waals surface area (Å²) in [6.07, 6.45) is 2.96. The quantitative estimate of drug-likeness (QED) is 0.922. The third-order valence-corrected chi connectivity index (χ3v) is 4.17. The molecule has 1 amide bonds. The van der Waals surface area contributed by atoms with Gasteiger partial charge in [0, 0.05) is 6.04 Å². The average Bonchev–Trinajstić information content (AvgIpc) is 2.54. The molecule has 21 heavy (non-hydrogen) atoms. The van der Waals surface area contributed by atoms with Crippen molar-refractivity contribution in [3.63, 3.8) is 0 Å². The molecule has 5 nitrogen and oxygen atoms in total. The van der Waals surface area contributed by atoms with Crippen LogP contribution < -0.4 is 10.1 Å². The lowest BCUT2D eigenvalue weighted by Gasteiger charge is -2.39. The standard InChI is InChI=1S/C16H21NO4/c1-19-13-5-3-2-4-12(13)16(18)17-11-6-7-14-15(10-11)21-9-8-20-14/h2-5,11,14-15H,6-10H2,1H3,(H,17,18). The van der Waals surface area contributed by atoms with E-state index in [9.17, 15) is 4.79 Å². The summed E-state index contributed by atoms with van der Waals surface area (Å²) in [5.41, 5.74) is 0.572. The number of carbonyl (C=O) groups is 1. The van der Waals surface area contributed by atoms with Gasteiger partial charge in [0.2, 0.25) is 0 Å². The Kier molecular flexibility index (Phi) is 4.41. The maximum atomic E-state index is 12.4. The topological polar surface area (TPSA) is 56.8 Å². The van der Waals surface area contributed by atoms with Gasteiger partial charge >= 0.3 is 0 Å². The minimum atomic E-state index is -0.0902. The lowest BCUT2D eigenvalue weighted by molar-refractivity contribution is -0.157. The second-order valence-corrected chi connectivity index (χ2v) is 5.50. The fraction of sp³-hybridized carbons (Fsp3) is 0.562. The Balaban J connectivity index is 1.62. The van der Waals surface area contributed by atoms with Crippen molar-refractivity contribution in [2.75, 3.05) is 20.3 Å². The molecule has 2 aliphatic rings. The Labute approximate surface area is 124 Å². The van der Waals surface area contributed by atoms with Crippen molar-refractivity contribution in [3.8, 4) is 5.75 Å². The Morgan fingerprint density at radius 2 is 1.95 bits per heavy atom. The molecule has 1 aliphatic carbocycles. The highest BCUT2D eigenvalue weighted by Gasteiger charge is 2.34. The molecule has 3 rings (SSSR count). The summed E-state index contributed by atoms with van der Waals surface area (Å²) in [7, 11) is 1.57. The van der Waals surface area contributed by atoms with Gasteiger partial charge in [0.05, 0.1) is 38.1 Å². The number of rotatable bonds is 3. The molecule has 0 radical (unpaired) electrons. The molecule has 1 heterocycles. The van der Waals surface area contributed by atoms with Crippen LogP contribution in [0.3, 0.4) is 0 Å². The normalized spacial score (nSPS) is 28.5. The van der Waals surface area contributed by atoms with Crippen LogP contribution in [0, 0.1) is 0 Å². The van der Waals surface area contributed by atoms with E-state index in [1.54, 1.807) is 19.2 Å². The van der Waals surface area contributed by atoms with E-state index in [1.807, 2.05) is 12.1 Å². The highest BCUT2D eigenvalue weighted by atomic mass is 16.6. The van der Waals surface area contributed by atoms with Crippen molar-refractivity contribution in [1.82, 2.24) is 5.32 Å². The lowest BCUT2D eigenvalue weighted by Crippen LogP contribution is -2.49. The number of benzene rings is 1. The summed E-state index contributed by atoms with van der Waals surface area (Å²) in [5, 5.41) is 3.09. The summed E-state index contributed by atoms with van der Waals surface area (Å²) in [4.78, 5) is 12.4. The van der Waals surface area contributed by atoms with Crippen molar-refractivity contribution in [2.24, 2.45) is 0 Å². The van der Waals surface area contributed by atoms with Crippen LogP contribution in [0.5, 0.6) is 5.75 Å². The summed E-state index contributed by atoms with van der Waals surface area (Å²) >= 11 is 0. The summed E-state index contributed by atoms with van der Waals surface area (Å²) in [6, 6.07) is 7.40. The first-order valence-electron chi connectivity index (χ1n) is 7.45. The van der Waals surface area contributed by atoms with E-state index < -0.39 is 0 Å². The number of hydrogen-bond donors (Lipinski definition) is 1. The van der Waals surface area contributed by atoms with Crippen molar-refractivity contribution in [3.05, 3.63) is 29.8 Å². The van der Waals surface area contributed by atoms with Crippen LogP contribution in [-0.2, 0) is 9.47 Å². The van der Waals surface area contributed by atoms with Crippen LogP contribution in [-0.4, -0.2) is 44.5 Å².